The van der Waals surface area contributed by atoms with E-state index in [1.165, 1.54) is 89.9 Å². The molecular formula is C40H79NO6. The van der Waals surface area contributed by atoms with Gasteiger partial charge in [-0.25, -0.2) is 4.79 Å². The Morgan fingerprint density at radius 3 is 1.55 bits per heavy atom. The first-order valence-corrected chi connectivity index (χ1v) is 20.3. The molecule has 0 amide bonds. The maximum Gasteiger partial charge on any atom is 0.332 e. The normalized spacial score (nSPS) is 12.1. The Balaban J connectivity index is 3.96. The number of carbonyl (C=O) groups excluding carboxylic acids is 2. The molecule has 0 spiro atoms. The lowest BCUT2D eigenvalue weighted by molar-refractivity contribution is -0.155. The summed E-state index contributed by atoms with van der Waals surface area (Å²) in [6.45, 7) is 10.6. The average Bonchev–Trinajstić information content (AvgIpc) is 3.06. The van der Waals surface area contributed by atoms with E-state index in [0.717, 1.165) is 90.1 Å². The Hall–Kier alpha value is -1.18. The number of aliphatic hydroxyl groups excluding tert-OH is 1. The molecule has 0 bridgehead atoms. The summed E-state index contributed by atoms with van der Waals surface area (Å²) in [6, 6.07) is 0. The molecule has 0 saturated heterocycles. The Labute approximate surface area is 291 Å². The minimum atomic E-state index is -0.218. The number of hydrogen-bond acceptors (Lipinski definition) is 7. The molecule has 0 heterocycles. The van der Waals surface area contributed by atoms with Gasteiger partial charge in [0, 0.05) is 19.6 Å². The van der Waals surface area contributed by atoms with Crippen molar-refractivity contribution >= 4 is 11.9 Å². The molecule has 0 rings (SSSR count). The van der Waals surface area contributed by atoms with Crippen molar-refractivity contribution in [1.82, 2.24) is 4.90 Å². The summed E-state index contributed by atoms with van der Waals surface area (Å²) in [4.78, 5) is 26.8. The van der Waals surface area contributed by atoms with E-state index in [0.29, 0.717) is 26.2 Å². The third-order valence-electron chi connectivity index (χ3n) is 9.07. The summed E-state index contributed by atoms with van der Waals surface area (Å²) in [5.41, 5.74) is 0. The molecule has 0 aromatic carbocycles. The third kappa shape index (κ3) is 34.5. The zero-order valence-corrected chi connectivity index (χ0v) is 31.6. The Kier molecular flexibility index (Phi) is 36.7. The van der Waals surface area contributed by atoms with Gasteiger partial charge in [-0.15, -0.1) is 0 Å². The summed E-state index contributed by atoms with van der Waals surface area (Å²) in [5, 5.41) is 9.48. The van der Waals surface area contributed by atoms with Gasteiger partial charge in [0.05, 0.1) is 13.2 Å². The van der Waals surface area contributed by atoms with Gasteiger partial charge in [0.2, 0.25) is 0 Å². The first-order valence-electron chi connectivity index (χ1n) is 20.3. The molecule has 0 aliphatic carbocycles. The molecular weight excluding hydrogens is 590 g/mol. The van der Waals surface area contributed by atoms with Crippen LogP contribution in [-0.4, -0.2) is 74.1 Å². The van der Waals surface area contributed by atoms with Crippen LogP contribution in [0.15, 0.2) is 0 Å². The molecule has 0 aliphatic rings. The summed E-state index contributed by atoms with van der Waals surface area (Å²) >= 11 is 0. The lowest BCUT2D eigenvalue weighted by Gasteiger charge is -2.21. The van der Waals surface area contributed by atoms with Crippen molar-refractivity contribution in [1.29, 1.82) is 0 Å². The second-order valence-electron chi connectivity index (χ2n) is 13.7. The highest BCUT2D eigenvalue weighted by Gasteiger charge is 2.15. The minimum absolute atomic E-state index is 0.0324. The fourth-order valence-corrected chi connectivity index (χ4v) is 6.06. The molecule has 7 heteroatoms. The monoisotopic (exact) mass is 670 g/mol. The fraction of sp³-hybridized carbons (Fsp3) is 0.950. The highest BCUT2D eigenvalue weighted by molar-refractivity contribution is 5.70. The number of hydrogen-bond donors (Lipinski definition) is 1. The van der Waals surface area contributed by atoms with Gasteiger partial charge >= 0.3 is 11.9 Å². The van der Waals surface area contributed by atoms with E-state index < -0.39 is 0 Å². The molecule has 0 fully saturated rings. The molecule has 0 aliphatic heterocycles. The molecule has 0 saturated carbocycles. The number of unbranched alkanes of at least 4 members (excludes halogenated alkanes) is 19. The van der Waals surface area contributed by atoms with Gasteiger partial charge in [-0.2, -0.15) is 0 Å². The van der Waals surface area contributed by atoms with Crippen molar-refractivity contribution in [2.45, 2.75) is 200 Å². The molecule has 1 unspecified atom stereocenters. The van der Waals surface area contributed by atoms with Crippen LogP contribution in [0.3, 0.4) is 0 Å². The van der Waals surface area contributed by atoms with E-state index in [1.807, 2.05) is 0 Å². The van der Waals surface area contributed by atoms with Crippen molar-refractivity contribution in [3.05, 3.63) is 0 Å². The quantitative estimate of drug-likeness (QED) is 0.0517. The Bertz CT molecular complexity index is 661. The van der Waals surface area contributed by atoms with Crippen molar-refractivity contribution in [3.63, 3.8) is 0 Å². The SMILES string of the molecule is CCCCCCCCCOC(=O)CCCCCN(CCO)CCCCCOCC(=O)OC(CCCCCCC)CCCCCCCC. The smallest absolute Gasteiger partial charge is 0.332 e. The van der Waals surface area contributed by atoms with E-state index in [2.05, 4.69) is 25.7 Å². The topological polar surface area (TPSA) is 85.3 Å². The standard InChI is InChI=1S/C40H79NO6/c1-4-7-10-13-15-18-27-36-46-39(43)30-23-19-24-31-41(33-34-42)32-25-20-26-35-45-37-40(44)47-38(28-21-16-12-9-6-3)29-22-17-14-11-8-5-2/h38,42H,4-37H2,1-3H3. The number of nitrogens with zero attached hydrogens (tertiary/aromatic N) is 1. The van der Waals surface area contributed by atoms with Crippen molar-refractivity contribution in [3.8, 4) is 0 Å². The van der Waals surface area contributed by atoms with Crippen LogP contribution in [0.1, 0.15) is 194 Å². The lowest BCUT2D eigenvalue weighted by atomic mass is 10.0. The van der Waals surface area contributed by atoms with Gasteiger partial charge in [0.15, 0.2) is 0 Å². The van der Waals surface area contributed by atoms with Crippen LogP contribution in [0.4, 0.5) is 0 Å². The maximum absolute atomic E-state index is 12.5. The maximum atomic E-state index is 12.5. The van der Waals surface area contributed by atoms with Gasteiger partial charge in [-0.1, -0.05) is 124 Å². The zero-order valence-electron chi connectivity index (χ0n) is 31.6. The van der Waals surface area contributed by atoms with Crippen LogP contribution in [0.25, 0.3) is 0 Å². The lowest BCUT2D eigenvalue weighted by Crippen LogP contribution is -2.29. The minimum Gasteiger partial charge on any atom is -0.466 e. The molecule has 0 aromatic rings. The fourth-order valence-electron chi connectivity index (χ4n) is 6.06. The predicted octanol–water partition coefficient (Wildman–Crippen LogP) is 10.3. The Morgan fingerprint density at radius 1 is 0.532 bits per heavy atom. The number of ether oxygens (including phenoxy) is 3. The van der Waals surface area contributed by atoms with E-state index in [1.54, 1.807) is 0 Å². The van der Waals surface area contributed by atoms with E-state index in [-0.39, 0.29) is 31.3 Å². The Morgan fingerprint density at radius 2 is 1.00 bits per heavy atom. The van der Waals surface area contributed by atoms with Crippen molar-refractivity contribution in [2.24, 2.45) is 0 Å². The first-order chi connectivity index (χ1) is 23.1. The molecule has 47 heavy (non-hydrogen) atoms. The summed E-state index contributed by atoms with van der Waals surface area (Å²) in [6.07, 6.45) is 30.6. The summed E-state index contributed by atoms with van der Waals surface area (Å²) < 4.78 is 16.9. The molecule has 280 valence electrons. The van der Waals surface area contributed by atoms with Gasteiger partial charge < -0.3 is 24.2 Å². The molecule has 0 aromatic heterocycles. The van der Waals surface area contributed by atoms with Gasteiger partial charge in [-0.3, -0.25) is 4.79 Å². The van der Waals surface area contributed by atoms with E-state index >= 15 is 0 Å². The van der Waals surface area contributed by atoms with Crippen LogP contribution < -0.4 is 0 Å². The van der Waals surface area contributed by atoms with Crippen LogP contribution in [0.5, 0.6) is 0 Å². The van der Waals surface area contributed by atoms with Crippen LogP contribution in [0, 0.1) is 0 Å². The molecule has 1 atom stereocenters. The number of rotatable bonds is 38. The third-order valence-corrected chi connectivity index (χ3v) is 9.07. The molecule has 1 N–H and O–H groups in total. The summed E-state index contributed by atoms with van der Waals surface area (Å²) in [7, 11) is 0. The number of carbonyl (C=O) groups is 2. The highest BCUT2D eigenvalue weighted by Crippen LogP contribution is 2.17. The van der Waals surface area contributed by atoms with Gasteiger partial charge in [0.1, 0.15) is 12.7 Å². The predicted molar refractivity (Wildman–Crippen MR) is 197 cm³/mol. The van der Waals surface area contributed by atoms with Crippen molar-refractivity contribution < 1.29 is 28.9 Å². The molecule has 7 nitrogen and oxygen atoms in total. The first kappa shape index (κ1) is 45.8. The van der Waals surface area contributed by atoms with Crippen molar-refractivity contribution in [2.75, 3.05) is 46.1 Å². The number of aliphatic hydroxyl groups is 1. The highest BCUT2D eigenvalue weighted by atomic mass is 16.6. The van der Waals surface area contributed by atoms with Crippen LogP contribution in [0.2, 0.25) is 0 Å². The van der Waals surface area contributed by atoms with Gasteiger partial charge in [0.25, 0.3) is 0 Å². The van der Waals surface area contributed by atoms with E-state index in [9.17, 15) is 14.7 Å². The second kappa shape index (κ2) is 37.6. The molecule has 0 radical (unpaired) electrons. The second-order valence-corrected chi connectivity index (χ2v) is 13.7. The van der Waals surface area contributed by atoms with Crippen LogP contribution in [-0.2, 0) is 23.8 Å². The van der Waals surface area contributed by atoms with Crippen LogP contribution >= 0.6 is 0 Å². The summed E-state index contributed by atoms with van der Waals surface area (Å²) in [5.74, 6) is -0.283. The zero-order chi connectivity index (χ0) is 34.5. The number of esters is 2. The van der Waals surface area contributed by atoms with Gasteiger partial charge in [-0.05, 0) is 77.3 Å². The average molecular weight is 670 g/mol. The largest absolute Gasteiger partial charge is 0.466 e. The van der Waals surface area contributed by atoms with E-state index in [4.69, 9.17) is 14.2 Å².